The van der Waals surface area contributed by atoms with Crippen LogP contribution in [0.15, 0.2) is 16.7 Å². The smallest absolute Gasteiger partial charge is 0.00287 e. The maximum absolute atomic E-state index is 3.47. The molecule has 0 aromatic rings. The summed E-state index contributed by atoms with van der Waals surface area (Å²) in [6, 6.07) is 0. The molecule has 0 saturated heterocycles. The SMILES string of the molecule is CCCCC1=C(C)C(C)[C]=C1C. The van der Waals surface area contributed by atoms with Gasteiger partial charge < -0.3 is 0 Å². The summed E-state index contributed by atoms with van der Waals surface area (Å²) in [7, 11) is 0. The first-order chi connectivity index (χ1) is 5.66. The zero-order valence-corrected chi connectivity index (χ0v) is 8.70. The van der Waals surface area contributed by atoms with Gasteiger partial charge in [-0.15, -0.1) is 0 Å². The van der Waals surface area contributed by atoms with Crippen molar-refractivity contribution < 1.29 is 0 Å². The molecule has 0 aromatic carbocycles. The maximum atomic E-state index is 3.47. The van der Waals surface area contributed by atoms with Crippen LogP contribution >= 0.6 is 0 Å². The van der Waals surface area contributed by atoms with Gasteiger partial charge in [-0.25, -0.2) is 0 Å². The molecule has 1 radical (unpaired) electrons. The molecule has 1 aliphatic rings. The zero-order chi connectivity index (χ0) is 9.14. The molecule has 0 aromatic heterocycles. The van der Waals surface area contributed by atoms with Crippen LogP contribution < -0.4 is 0 Å². The molecule has 0 amide bonds. The summed E-state index contributed by atoms with van der Waals surface area (Å²) in [4.78, 5) is 0. The molecule has 1 aliphatic carbocycles. The molecular formula is C12H19. The summed E-state index contributed by atoms with van der Waals surface area (Å²) in [5, 5.41) is 0. The van der Waals surface area contributed by atoms with Crippen molar-refractivity contribution in [3.8, 4) is 0 Å². The Hall–Kier alpha value is -0.520. The van der Waals surface area contributed by atoms with Crippen molar-refractivity contribution in [1.82, 2.24) is 0 Å². The van der Waals surface area contributed by atoms with Gasteiger partial charge in [-0.05, 0) is 43.9 Å². The fraction of sp³-hybridized carbons (Fsp3) is 0.667. The van der Waals surface area contributed by atoms with E-state index >= 15 is 0 Å². The highest BCUT2D eigenvalue weighted by atomic mass is 14.2. The lowest BCUT2D eigenvalue weighted by Gasteiger charge is -2.06. The Bertz CT molecular complexity index is 218. The Kier molecular flexibility index (Phi) is 3.13. The summed E-state index contributed by atoms with van der Waals surface area (Å²) >= 11 is 0. The highest BCUT2D eigenvalue weighted by Gasteiger charge is 2.16. The third-order valence-corrected chi connectivity index (χ3v) is 2.79. The van der Waals surface area contributed by atoms with E-state index in [1.165, 1.54) is 24.8 Å². The van der Waals surface area contributed by atoms with Crippen LogP contribution in [-0.4, -0.2) is 0 Å². The van der Waals surface area contributed by atoms with Gasteiger partial charge in [-0.1, -0.05) is 25.8 Å². The summed E-state index contributed by atoms with van der Waals surface area (Å²) in [5.74, 6) is 0.567. The molecule has 0 heterocycles. The molecule has 0 saturated carbocycles. The lowest BCUT2D eigenvalue weighted by molar-refractivity contribution is 0.777. The first-order valence-corrected chi connectivity index (χ1v) is 4.97. The van der Waals surface area contributed by atoms with Gasteiger partial charge >= 0.3 is 0 Å². The lowest BCUT2D eigenvalue weighted by atomic mass is 9.99. The Morgan fingerprint density at radius 1 is 1.33 bits per heavy atom. The molecule has 1 unspecified atom stereocenters. The summed E-state index contributed by atoms with van der Waals surface area (Å²) in [6.07, 6.45) is 7.33. The minimum Gasteiger partial charge on any atom is -0.0654 e. The van der Waals surface area contributed by atoms with Crippen LogP contribution in [0, 0.1) is 12.0 Å². The van der Waals surface area contributed by atoms with Gasteiger partial charge in [-0.3, -0.25) is 0 Å². The normalized spacial score (nSPS) is 23.3. The van der Waals surface area contributed by atoms with E-state index in [0.29, 0.717) is 5.92 Å². The molecule has 0 heteroatoms. The molecule has 12 heavy (non-hydrogen) atoms. The number of unbranched alkanes of at least 4 members (excludes halogenated alkanes) is 1. The first kappa shape index (κ1) is 9.57. The van der Waals surface area contributed by atoms with E-state index in [0.717, 1.165) is 0 Å². The van der Waals surface area contributed by atoms with Crippen molar-refractivity contribution in [1.29, 1.82) is 0 Å². The number of allylic oxidation sites excluding steroid dienone is 4. The van der Waals surface area contributed by atoms with Crippen molar-refractivity contribution >= 4 is 0 Å². The minimum atomic E-state index is 0.567. The van der Waals surface area contributed by atoms with Crippen LogP contribution in [0.1, 0.15) is 47.0 Å². The molecule has 0 aliphatic heterocycles. The van der Waals surface area contributed by atoms with Crippen molar-refractivity contribution in [3.63, 3.8) is 0 Å². The van der Waals surface area contributed by atoms with Crippen LogP contribution in [0.2, 0.25) is 0 Å². The number of hydrogen-bond acceptors (Lipinski definition) is 0. The molecule has 0 spiro atoms. The van der Waals surface area contributed by atoms with Crippen molar-refractivity contribution in [3.05, 3.63) is 22.8 Å². The second kappa shape index (κ2) is 3.93. The van der Waals surface area contributed by atoms with E-state index < -0.39 is 0 Å². The highest BCUT2D eigenvalue weighted by molar-refractivity contribution is 5.39. The summed E-state index contributed by atoms with van der Waals surface area (Å²) in [6.45, 7) is 8.92. The minimum absolute atomic E-state index is 0.567. The lowest BCUT2D eigenvalue weighted by Crippen LogP contribution is -1.89. The van der Waals surface area contributed by atoms with Gasteiger partial charge in [-0.2, -0.15) is 0 Å². The average molecular weight is 163 g/mol. The highest BCUT2D eigenvalue weighted by Crippen LogP contribution is 2.32. The van der Waals surface area contributed by atoms with Crippen LogP contribution in [0.4, 0.5) is 0 Å². The van der Waals surface area contributed by atoms with Crippen LogP contribution in [-0.2, 0) is 0 Å². The van der Waals surface area contributed by atoms with Gasteiger partial charge in [0.05, 0.1) is 0 Å². The molecule has 0 bridgehead atoms. The quantitative estimate of drug-likeness (QED) is 0.592. The monoisotopic (exact) mass is 163 g/mol. The van der Waals surface area contributed by atoms with Gasteiger partial charge in [0.25, 0.3) is 0 Å². The summed E-state index contributed by atoms with van der Waals surface area (Å²) in [5.41, 5.74) is 4.51. The second-order valence-electron chi connectivity index (χ2n) is 3.76. The van der Waals surface area contributed by atoms with Crippen LogP contribution in [0.5, 0.6) is 0 Å². The predicted octanol–water partition coefficient (Wildman–Crippen LogP) is 3.89. The van der Waals surface area contributed by atoms with Gasteiger partial charge in [0.15, 0.2) is 0 Å². The number of rotatable bonds is 3. The molecular weight excluding hydrogens is 144 g/mol. The zero-order valence-electron chi connectivity index (χ0n) is 8.70. The van der Waals surface area contributed by atoms with E-state index in [9.17, 15) is 0 Å². The summed E-state index contributed by atoms with van der Waals surface area (Å²) < 4.78 is 0. The van der Waals surface area contributed by atoms with E-state index in [2.05, 4.69) is 33.8 Å². The molecule has 67 valence electrons. The fourth-order valence-electron chi connectivity index (χ4n) is 1.82. The molecule has 1 atom stereocenters. The Balaban J connectivity index is 2.67. The van der Waals surface area contributed by atoms with Crippen molar-refractivity contribution in [2.45, 2.75) is 47.0 Å². The van der Waals surface area contributed by atoms with E-state index in [1.54, 1.807) is 11.1 Å². The van der Waals surface area contributed by atoms with Crippen molar-refractivity contribution in [2.24, 2.45) is 5.92 Å². The number of hydrogen-bond donors (Lipinski definition) is 0. The Morgan fingerprint density at radius 2 is 2.00 bits per heavy atom. The van der Waals surface area contributed by atoms with Crippen molar-refractivity contribution in [2.75, 3.05) is 0 Å². The Labute approximate surface area is 76.4 Å². The molecule has 1 rings (SSSR count). The maximum Gasteiger partial charge on any atom is 0.00287 e. The third kappa shape index (κ3) is 1.80. The topological polar surface area (TPSA) is 0 Å². The van der Waals surface area contributed by atoms with E-state index in [4.69, 9.17) is 0 Å². The Morgan fingerprint density at radius 3 is 2.42 bits per heavy atom. The predicted molar refractivity (Wildman–Crippen MR) is 53.8 cm³/mol. The van der Waals surface area contributed by atoms with E-state index in [1.807, 2.05) is 0 Å². The largest absolute Gasteiger partial charge is 0.0654 e. The molecule has 0 fully saturated rings. The van der Waals surface area contributed by atoms with E-state index in [-0.39, 0.29) is 0 Å². The van der Waals surface area contributed by atoms with Gasteiger partial charge in [0, 0.05) is 5.92 Å². The first-order valence-electron chi connectivity index (χ1n) is 4.97. The molecule has 0 N–H and O–H groups in total. The molecule has 0 nitrogen and oxygen atoms in total. The van der Waals surface area contributed by atoms with Crippen LogP contribution in [0.25, 0.3) is 0 Å². The van der Waals surface area contributed by atoms with Gasteiger partial charge in [0.2, 0.25) is 0 Å². The standard InChI is InChI=1S/C12H19/c1-5-6-7-12-10(3)8-9(2)11(12)4/h9H,5-7H2,1-4H3. The second-order valence-corrected chi connectivity index (χ2v) is 3.76. The van der Waals surface area contributed by atoms with Crippen LogP contribution in [0.3, 0.4) is 0 Å². The van der Waals surface area contributed by atoms with Gasteiger partial charge in [0.1, 0.15) is 0 Å². The average Bonchev–Trinajstić information content (AvgIpc) is 2.25. The third-order valence-electron chi connectivity index (χ3n) is 2.79. The fourth-order valence-corrected chi connectivity index (χ4v) is 1.82.